The smallest absolute Gasteiger partial charge is 0.00270 e. The van der Waals surface area contributed by atoms with Crippen molar-refractivity contribution in [1.29, 1.82) is 0 Å². The monoisotopic (exact) mass is 149 g/mol. The van der Waals surface area contributed by atoms with E-state index in [4.69, 9.17) is 5.73 Å². The first-order valence-electron chi connectivity index (χ1n) is 4.09. The van der Waals surface area contributed by atoms with E-state index >= 15 is 0 Å². The summed E-state index contributed by atoms with van der Waals surface area (Å²) in [5.41, 5.74) is 8.07. The molecule has 0 radical (unpaired) electrons. The highest BCUT2D eigenvalue weighted by molar-refractivity contribution is 5.32. The largest absolute Gasteiger partial charge is 0.404 e. The fraction of sp³-hybridized carbons (Fsp3) is 0.400. The summed E-state index contributed by atoms with van der Waals surface area (Å²) >= 11 is 0. The summed E-state index contributed by atoms with van der Waals surface area (Å²) < 4.78 is 0. The van der Waals surface area contributed by atoms with Gasteiger partial charge in [-0.05, 0) is 43.5 Å². The van der Waals surface area contributed by atoms with Gasteiger partial charge in [-0.15, -0.1) is 0 Å². The topological polar surface area (TPSA) is 26.0 Å². The second-order valence-corrected chi connectivity index (χ2v) is 2.86. The van der Waals surface area contributed by atoms with Crippen molar-refractivity contribution < 1.29 is 0 Å². The molecule has 0 spiro atoms. The van der Waals surface area contributed by atoms with Crippen molar-refractivity contribution in [3.63, 3.8) is 0 Å². The maximum absolute atomic E-state index is 5.49. The van der Waals surface area contributed by atoms with Crippen LogP contribution >= 0.6 is 0 Å². The summed E-state index contributed by atoms with van der Waals surface area (Å²) in [6.07, 6.45) is 11.7. The van der Waals surface area contributed by atoms with Crippen LogP contribution in [0.25, 0.3) is 0 Å². The average Bonchev–Trinajstić information content (AvgIpc) is 1.98. The molecule has 2 N–H and O–H groups in total. The van der Waals surface area contributed by atoms with E-state index < -0.39 is 0 Å². The number of allylic oxidation sites excluding steroid dienone is 5. The van der Waals surface area contributed by atoms with Gasteiger partial charge in [0.15, 0.2) is 0 Å². The van der Waals surface area contributed by atoms with E-state index in [9.17, 15) is 0 Å². The average molecular weight is 149 g/mol. The van der Waals surface area contributed by atoms with Gasteiger partial charge in [0.05, 0.1) is 0 Å². The molecule has 0 aromatic heterocycles. The summed E-state index contributed by atoms with van der Waals surface area (Å²) in [6, 6.07) is 0. The number of hydrogen-bond acceptors (Lipinski definition) is 1. The Hall–Kier alpha value is -0.980. The van der Waals surface area contributed by atoms with Crippen molar-refractivity contribution in [2.75, 3.05) is 0 Å². The van der Waals surface area contributed by atoms with Crippen LogP contribution in [0.2, 0.25) is 0 Å². The number of rotatable bonds is 0. The zero-order valence-electron chi connectivity index (χ0n) is 7.01. The summed E-state index contributed by atoms with van der Waals surface area (Å²) in [6.45, 7) is 2.11. The van der Waals surface area contributed by atoms with Gasteiger partial charge in [0.2, 0.25) is 0 Å². The van der Waals surface area contributed by atoms with E-state index in [1.54, 1.807) is 6.20 Å². The lowest BCUT2D eigenvalue weighted by Crippen LogP contribution is -1.93. The number of hydrogen-bond donors (Lipinski definition) is 1. The summed E-state index contributed by atoms with van der Waals surface area (Å²) in [5.74, 6) is 0. The molecule has 11 heavy (non-hydrogen) atoms. The van der Waals surface area contributed by atoms with Crippen LogP contribution in [-0.4, -0.2) is 0 Å². The highest BCUT2D eigenvalue weighted by atomic mass is 14.5. The first-order valence-corrected chi connectivity index (χ1v) is 4.09. The van der Waals surface area contributed by atoms with Crippen LogP contribution in [0.4, 0.5) is 0 Å². The molecule has 0 aliphatic heterocycles. The Bertz CT molecular complexity index is 209. The highest BCUT2D eigenvalue weighted by Crippen LogP contribution is 2.17. The standard InChI is InChI=1S/C10H15N/c1-9-6-4-2-3-5-7-10(9)8-11/h2,4,6,8H,3,5,7,11H2,1H3/b4-2-,9-6-,10-8+. The van der Waals surface area contributed by atoms with E-state index in [1.165, 1.54) is 24.0 Å². The van der Waals surface area contributed by atoms with Crippen LogP contribution in [0.3, 0.4) is 0 Å². The van der Waals surface area contributed by atoms with Gasteiger partial charge >= 0.3 is 0 Å². The Morgan fingerprint density at radius 1 is 1.55 bits per heavy atom. The van der Waals surface area contributed by atoms with E-state index in [2.05, 4.69) is 25.2 Å². The maximum atomic E-state index is 5.49. The molecule has 60 valence electrons. The van der Waals surface area contributed by atoms with Crippen molar-refractivity contribution >= 4 is 0 Å². The van der Waals surface area contributed by atoms with Crippen LogP contribution in [-0.2, 0) is 0 Å². The molecule has 0 amide bonds. The SMILES string of the molecule is C/C1=C/C=C\CCC\C1=C/N. The Kier molecular flexibility index (Phi) is 2.96. The first kappa shape index (κ1) is 8.12. The van der Waals surface area contributed by atoms with E-state index in [0.29, 0.717) is 0 Å². The van der Waals surface area contributed by atoms with Crippen LogP contribution in [0.15, 0.2) is 35.6 Å². The van der Waals surface area contributed by atoms with Crippen LogP contribution in [0.1, 0.15) is 26.2 Å². The fourth-order valence-electron chi connectivity index (χ4n) is 1.24. The predicted octanol–water partition coefficient (Wildman–Crippen LogP) is 2.52. The molecule has 0 saturated heterocycles. The van der Waals surface area contributed by atoms with Gasteiger partial charge in [0.25, 0.3) is 0 Å². The lowest BCUT2D eigenvalue weighted by molar-refractivity contribution is 0.830. The third-order valence-electron chi connectivity index (χ3n) is 2.01. The zero-order valence-corrected chi connectivity index (χ0v) is 7.01. The van der Waals surface area contributed by atoms with Crippen LogP contribution in [0.5, 0.6) is 0 Å². The molecule has 0 atom stereocenters. The first-order chi connectivity index (χ1) is 5.34. The Balaban J connectivity index is 2.79. The van der Waals surface area contributed by atoms with Crippen molar-refractivity contribution in [2.24, 2.45) is 5.73 Å². The normalized spacial score (nSPS) is 30.3. The predicted molar refractivity (Wildman–Crippen MR) is 49.0 cm³/mol. The van der Waals surface area contributed by atoms with Crippen molar-refractivity contribution in [3.8, 4) is 0 Å². The van der Waals surface area contributed by atoms with E-state index in [1.807, 2.05) is 0 Å². The molecule has 1 aliphatic rings. The molecule has 1 rings (SSSR count). The summed E-state index contributed by atoms with van der Waals surface area (Å²) in [4.78, 5) is 0. The molecule has 0 heterocycles. The van der Waals surface area contributed by atoms with Gasteiger partial charge in [-0.25, -0.2) is 0 Å². The summed E-state index contributed by atoms with van der Waals surface area (Å²) in [7, 11) is 0. The molecule has 0 aromatic carbocycles. The molecule has 0 bridgehead atoms. The molecule has 0 aromatic rings. The molecule has 0 saturated carbocycles. The quantitative estimate of drug-likeness (QED) is 0.562. The van der Waals surface area contributed by atoms with Crippen LogP contribution < -0.4 is 5.73 Å². The summed E-state index contributed by atoms with van der Waals surface area (Å²) in [5, 5.41) is 0. The highest BCUT2D eigenvalue weighted by Gasteiger charge is 1.99. The molecule has 0 unspecified atom stereocenters. The zero-order chi connectivity index (χ0) is 8.10. The lowest BCUT2D eigenvalue weighted by Gasteiger charge is -2.07. The van der Waals surface area contributed by atoms with Gasteiger partial charge in [-0.1, -0.05) is 18.2 Å². The molecule has 1 nitrogen and oxygen atoms in total. The maximum Gasteiger partial charge on any atom is -0.00270 e. The molecule has 1 heteroatoms. The van der Waals surface area contributed by atoms with Gasteiger partial charge in [-0.2, -0.15) is 0 Å². The third-order valence-corrected chi connectivity index (χ3v) is 2.01. The van der Waals surface area contributed by atoms with Gasteiger partial charge < -0.3 is 5.73 Å². The van der Waals surface area contributed by atoms with Gasteiger partial charge in [0, 0.05) is 0 Å². The van der Waals surface area contributed by atoms with E-state index in [0.717, 1.165) is 6.42 Å². The van der Waals surface area contributed by atoms with Gasteiger partial charge in [0.1, 0.15) is 0 Å². The minimum Gasteiger partial charge on any atom is -0.404 e. The Labute approximate surface area is 68.3 Å². The van der Waals surface area contributed by atoms with Crippen LogP contribution in [0, 0.1) is 0 Å². The molecule has 0 fully saturated rings. The van der Waals surface area contributed by atoms with Crippen molar-refractivity contribution in [3.05, 3.63) is 35.6 Å². The third kappa shape index (κ3) is 2.26. The van der Waals surface area contributed by atoms with Gasteiger partial charge in [-0.3, -0.25) is 0 Å². The molecular weight excluding hydrogens is 134 g/mol. The Morgan fingerprint density at radius 3 is 3.09 bits per heavy atom. The second kappa shape index (κ2) is 4.02. The minimum absolute atomic E-state index is 1.11. The number of nitrogens with two attached hydrogens (primary N) is 1. The fourth-order valence-corrected chi connectivity index (χ4v) is 1.24. The Morgan fingerprint density at radius 2 is 2.36 bits per heavy atom. The molecule has 1 aliphatic carbocycles. The lowest BCUT2D eigenvalue weighted by atomic mass is 10.00. The van der Waals surface area contributed by atoms with Crippen molar-refractivity contribution in [1.82, 2.24) is 0 Å². The van der Waals surface area contributed by atoms with E-state index in [-0.39, 0.29) is 0 Å². The second-order valence-electron chi connectivity index (χ2n) is 2.86. The minimum atomic E-state index is 1.11. The molecular formula is C10H15N. The van der Waals surface area contributed by atoms with Crippen molar-refractivity contribution in [2.45, 2.75) is 26.2 Å².